The van der Waals surface area contributed by atoms with Crippen molar-refractivity contribution in [2.45, 2.75) is 6.54 Å². The van der Waals surface area contributed by atoms with Gasteiger partial charge >= 0.3 is 0 Å². The first-order valence-corrected chi connectivity index (χ1v) is 7.84. The van der Waals surface area contributed by atoms with Crippen LogP contribution in [0.2, 0.25) is 0 Å². The molecule has 1 heterocycles. The topological polar surface area (TPSA) is 44.7 Å². The van der Waals surface area contributed by atoms with Crippen LogP contribution in [0.15, 0.2) is 54.2 Å². The highest BCUT2D eigenvalue weighted by Crippen LogP contribution is 2.25. The van der Waals surface area contributed by atoms with E-state index in [-0.39, 0.29) is 18.9 Å². The van der Waals surface area contributed by atoms with Gasteiger partial charge in [-0.3, -0.25) is 10.4 Å². The number of hydrogen-bond donors (Lipinski definition) is 2. The minimum absolute atomic E-state index is 0.127. The van der Waals surface area contributed by atoms with E-state index in [0.717, 1.165) is 12.1 Å². The van der Waals surface area contributed by atoms with Crippen molar-refractivity contribution < 1.29 is 23.0 Å². The van der Waals surface area contributed by atoms with Gasteiger partial charge in [-0.2, -0.15) is 0 Å². The SMILES string of the molecule is COc1ccc(C2=CC(CO)=CN(Cc3ccc(F)c(F)c3)N2)cc1F. The molecule has 0 spiro atoms. The quantitative estimate of drug-likeness (QED) is 0.856. The number of aliphatic hydroxyl groups excluding tert-OH is 1. The maximum Gasteiger partial charge on any atom is 0.165 e. The van der Waals surface area contributed by atoms with Crippen LogP contribution in [0.5, 0.6) is 5.75 Å². The van der Waals surface area contributed by atoms with Crippen molar-refractivity contribution >= 4 is 5.70 Å². The number of ether oxygens (including phenoxy) is 1. The first kappa shape index (κ1) is 17.9. The Labute approximate surface area is 148 Å². The first-order valence-electron chi connectivity index (χ1n) is 7.84. The molecule has 3 rings (SSSR count). The van der Waals surface area contributed by atoms with Crippen LogP contribution in [0.25, 0.3) is 5.70 Å². The van der Waals surface area contributed by atoms with E-state index in [4.69, 9.17) is 4.74 Å². The largest absolute Gasteiger partial charge is 0.494 e. The van der Waals surface area contributed by atoms with Gasteiger partial charge in [0.1, 0.15) is 0 Å². The third-order valence-electron chi connectivity index (χ3n) is 3.90. The molecule has 7 heteroatoms. The fourth-order valence-corrected chi connectivity index (χ4v) is 2.63. The van der Waals surface area contributed by atoms with Gasteiger partial charge in [0.05, 0.1) is 26.0 Å². The summed E-state index contributed by atoms with van der Waals surface area (Å²) in [7, 11) is 1.38. The van der Waals surface area contributed by atoms with Gasteiger partial charge in [0.15, 0.2) is 23.2 Å². The Bertz CT molecular complexity index is 881. The Balaban J connectivity index is 1.84. The van der Waals surface area contributed by atoms with Crippen LogP contribution in [0.3, 0.4) is 0 Å². The van der Waals surface area contributed by atoms with Crippen LogP contribution >= 0.6 is 0 Å². The highest BCUT2D eigenvalue weighted by atomic mass is 19.2. The number of halogens is 3. The zero-order chi connectivity index (χ0) is 18.7. The van der Waals surface area contributed by atoms with E-state index in [0.29, 0.717) is 22.4 Å². The number of methoxy groups -OCH3 is 1. The molecule has 1 aliphatic rings. The van der Waals surface area contributed by atoms with Crippen LogP contribution in [-0.4, -0.2) is 23.8 Å². The van der Waals surface area contributed by atoms with Gasteiger partial charge in [0.2, 0.25) is 0 Å². The molecule has 2 aromatic carbocycles. The van der Waals surface area contributed by atoms with E-state index < -0.39 is 17.5 Å². The summed E-state index contributed by atoms with van der Waals surface area (Å²) in [5.74, 6) is -2.23. The van der Waals surface area contributed by atoms with Gasteiger partial charge in [0, 0.05) is 11.8 Å². The van der Waals surface area contributed by atoms with Crippen molar-refractivity contribution in [2.24, 2.45) is 0 Å². The lowest BCUT2D eigenvalue weighted by Gasteiger charge is -2.29. The summed E-state index contributed by atoms with van der Waals surface area (Å²) in [5, 5.41) is 11.1. The highest BCUT2D eigenvalue weighted by Gasteiger charge is 2.15. The number of aliphatic hydroxyl groups is 1. The number of rotatable bonds is 5. The molecule has 0 saturated carbocycles. The van der Waals surface area contributed by atoms with Gasteiger partial charge < -0.3 is 9.84 Å². The lowest BCUT2D eigenvalue weighted by molar-refractivity contribution is 0.291. The molecule has 26 heavy (non-hydrogen) atoms. The molecule has 0 saturated heterocycles. The molecule has 136 valence electrons. The predicted octanol–water partition coefficient (Wildman–Crippen LogP) is 3.35. The van der Waals surface area contributed by atoms with E-state index in [1.54, 1.807) is 23.4 Å². The monoisotopic (exact) mass is 362 g/mol. The normalized spacial score (nSPS) is 13.8. The number of hydrazine groups is 1. The second-order valence-corrected chi connectivity index (χ2v) is 5.76. The second-order valence-electron chi connectivity index (χ2n) is 5.76. The smallest absolute Gasteiger partial charge is 0.165 e. The zero-order valence-electron chi connectivity index (χ0n) is 14.0. The summed E-state index contributed by atoms with van der Waals surface area (Å²) in [4.78, 5) is 0. The van der Waals surface area contributed by atoms with Gasteiger partial charge in [-0.15, -0.1) is 0 Å². The summed E-state index contributed by atoms with van der Waals surface area (Å²) in [6, 6.07) is 8.13. The summed E-state index contributed by atoms with van der Waals surface area (Å²) in [5.41, 5.74) is 5.29. The van der Waals surface area contributed by atoms with E-state index in [9.17, 15) is 18.3 Å². The molecule has 0 unspecified atom stereocenters. The molecular formula is C19H17F3N2O2. The summed E-state index contributed by atoms with van der Waals surface area (Å²) >= 11 is 0. The molecule has 0 aliphatic carbocycles. The van der Waals surface area contributed by atoms with E-state index in [1.165, 1.54) is 25.3 Å². The first-order chi connectivity index (χ1) is 12.5. The van der Waals surface area contributed by atoms with Gasteiger partial charge in [0.25, 0.3) is 0 Å². The summed E-state index contributed by atoms with van der Waals surface area (Å²) < 4.78 is 45.4. The lowest BCUT2D eigenvalue weighted by Crippen LogP contribution is -2.34. The van der Waals surface area contributed by atoms with Crippen LogP contribution < -0.4 is 10.2 Å². The zero-order valence-corrected chi connectivity index (χ0v) is 14.0. The minimum Gasteiger partial charge on any atom is -0.494 e. The molecule has 0 fully saturated rings. The van der Waals surface area contributed by atoms with Crippen molar-refractivity contribution in [3.8, 4) is 5.75 Å². The Morgan fingerprint density at radius 1 is 1.04 bits per heavy atom. The maximum atomic E-state index is 14.0. The van der Waals surface area contributed by atoms with Gasteiger partial charge in [-0.05, 0) is 47.5 Å². The molecule has 0 atom stereocenters. The van der Waals surface area contributed by atoms with Crippen LogP contribution in [0.1, 0.15) is 11.1 Å². The van der Waals surface area contributed by atoms with Crippen molar-refractivity contribution in [1.82, 2.24) is 10.4 Å². The Morgan fingerprint density at radius 2 is 1.85 bits per heavy atom. The molecule has 0 radical (unpaired) electrons. The van der Waals surface area contributed by atoms with Gasteiger partial charge in [-0.25, -0.2) is 13.2 Å². The minimum atomic E-state index is -0.932. The third-order valence-corrected chi connectivity index (χ3v) is 3.90. The number of nitrogens with one attached hydrogen (secondary N) is 1. The molecular weight excluding hydrogens is 345 g/mol. The lowest BCUT2D eigenvalue weighted by atomic mass is 10.1. The molecule has 0 amide bonds. The summed E-state index contributed by atoms with van der Waals surface area (Å²) in [6.07, 6.45) is 3.33. The molecule has 1 aliphatic heterocycles. The molecule has 0 aromatic heterocycles. The van der Waals surface area contributed by atoms with Crippen LogP contribution in [0, 0.1) is 17.5 Å². The summed E-state index contributed by atoms with van der Waals surface area (Å²) in [6.45, 7) is -0.00519. The van der Waals surface area contributed by atoms with Crippen molar-refractivity contribution in [3.63, 3.8) is 0 Å². The van der Waals surface area contributed by atoms with Crippen molar-refractivity contribution in [2.75, 3.05) is 13.7 Å². The van der Waals surface area contributed by atoms with Crippen LogP contribution in [-0.2, 0) is 6.54 Å². The van der Waals surface area contributed by atoms with E-state index in [1.807, 2.05) is 0 Å². The average Bonchev–Trinajstić information content (AvgIpc) is 2.64. The number of hydrogen-bond acceptors (Lipinski definition) is 4. The fourth-order valence-electron chi connectivity index (χ4n) is 2.63. The fraction of sp³-hybridized carbons (Fsp3) is 0.158. The molecule has 2 N–H and O–H groups in total. The average molecular weight is 362 g/mol. The second kappa shape index (κ2) is 7.53. The van der Waals surface area contributed by atoms with Crippen LogP contribution in [0.4, 0.5) is 13.2 Å². The molecule has 2 aromatic rings. The molecule has 0 bridgehead atoms. The predicted molar refractivity (Wildman–Crippen MR) is 91.1 cm³/mol. The van der Waals surface area contributed by atoms with Gasteiger partial charge in [-0.1, -0.05) is 6.07 Å². The number of benzene rings is 2. The Morgan fingerprint density at radius 3 is 2.50 bits per heavy atom. The molecule has 4 nitrogen and oxygen atoms in total. The highest BCUT2D eigenvalue weighted by molar-refractivity contribution is 5.68. The van der Waals surface area contributed by atoms with E-state index >= 15 is 0 Å². The van der Waals surface area contributed by atoms with Crippen molar-refractivity contribution in [1.29, 1.82) is 0 Å². The van der Waals surface area contributed by atoms with E-state index in [2.05, 4.69) is 5.43 Å². The van der Waals surface area contributed by atoms with Crippen molar-refractivity contribution in [3.05, 3.63) is 82.8 Å². The standard InChI is InChI=1S/C19H17F3N2O2/c1-26-19-5-3-14(8-17(19)22)18-7-13(11-25)10-24(23-18)9-12-2-4-15(20)16(21)6-12/h2-8,10,23,25H,9,11H2,1H3. The Hall–Kier alpha value is -2.93. The maximum absolute atomic E-state index is 14.0. The Kier molecular flexibility index (Phi) is 5.18. The number of nitrogens with zero attached hydrogens (tertiary/aromatic N) is 1. The third kappa shape index (κ3) is 3.83.